The van der Waals surface area contributed by atoms with Crippen molar-refractivity contribution in [2.24, 2.45) is 17.3 Å². The molecule has 0 radical (unpaired) electrons. The van der Waals surface area contributed by atoms with Gasteiger partial charge in [-0.3, -0.25) is 0 Å². The van der Waals surface area contributed by atoms with Crippen LogP contribution in [0.3, 0.4) is 0 Å². The lowest BCUT2D eigenvalue weighted by Crippen LogP contribution is -2.45. The molecule has 2 rings (SSSR count). The fraction of sp³-hybridized carbons (Fsp3) is 1.00. The quantitative estimate of drug-likeness (QED) is 0.564. The second-order valence-corrected chi connectivity index (χ2v) is 4.58. The Balaban J connectivity index is 2.38. The largest absolute Gasteiger partial charge is 0.316 e. The Labute approximate surface area is 74.3 Å². The van der Waals surface area contributed by atoms with Gasteiger partial charge < -0.3 is 0 Å². The molecule has 2 aliphatic rings. The van der Waals surface area contributed by atoms with Crippen LogP contribution in [0.1, 0.15) is 26.7 Å². The summed E-state index contributed by atoms with van der Waals surface area (Å²) in [6, 6.07) is 0. The molecule has 0 heterocycles. The van der Waals surface area contributed by atoms with Crippen molar-refractivity contribution in [3.05, 3.63) is 0 Å². The maximum atomic E-state index is 13.3. The highest BCUT2D eigenvalue weighted by molar-refractivity contribution is 5.23. The topological polar surface area (TPSA) is 0 Å². The Hall–Kier alpha value is -0.280. The Morgan fingerprint density at radius 1 is 1.08 bits per heavy atom. The van der Waals surface area contributed by atoms with Gasteiger partial charge >= 0.3 is 11.8 Å². The van der Waals surface area contributed by atoms with Gasteiger partial charge in [-0.05, 0) is 18.3 Å². The average Bonchev–Trinajstić information content (AvgIpc) is 2.57. The van der Waals surface area contributed by atoms with Gasteiger partial charge in [-0.2, -0.15) is 17.6 Å². The number of alkyl halides is 4. The zero-order valence-corrected chi connectivity index (χ0v) is 7.58. The van der Waals surface area contributed by atoms with E-state index in [-0.39, 0.29) is 12.3 Å². The minimum atomic E-state index is -3.79. The van der Waals surface area contributed by atoms with Crippen LogP contribution < -0.4 is 0 Å². The van der Waals surface area contributed by atoms with Crippen molar-refractivity contribution in [3.63, 3.8) is 0 Å². The van der Waals surface area contributed by atoms with E-state index in [2.05, 4.69) is 0 Å². The van der Waals surface area contributed by atoms with Crippen LogP contribution in [0.15, 0.2) is 0 Å². The lowest BCUT2D eigenvalue weighted by atomic mass is 9.86. The molecule has 2 atom stereocenters. The maximum absolute atomic E-state index is 13.3. The first kappa shape index (κ1) is 9.28. The summed E-state index contributed by atoms with van der Waals surface area (Å²) in [5.41, 5.74) is -1.39. The second-order valence-electron chi connectivity index (χ2n) is 4.58. The summed E-state index contributed by atoms with van der Waals surface area (Å²) in [6.07, 6.45) is -0.356. The van der Waals surface area contributed by atoms with Crippen molar-refractivity contribution in [2.75, 3.05) is 0 Å². The molecule has 0 aromatic heterocycles. The standard InChI is InChI=1S/C9H12F4/c1-5(2)7-3-6(7)4-8(10,11)9(7,12)13/h5-6H,3-4H2,1-2H3/t6-,7+/m0/s1. The van der Waals surface area contributed by atoms with E-state index in [1.807, 2.05) is 0 Å². The van der Waals surface area contributed by atoms with Crippen LogP contribution in [0.2, 0.25) is 0 Å². The van der Waals surface area contributed by atoms with Crippen LogP contribution in [0.5, 0.6) is 0 Å². The molecule has 0 amide bonds. The Morgan fingerprint density at radius 2 is 1.62 bits per heavy atom. The van der Waals surface area contributed by atoms with Gasteiger partial charge in [0.05, 0.1) is 0 Å². The summed E-state index contributed by atoms with van der Waals surface area (Å²) in [5.74, 6) is -8.39. The molecule has 13 heavy (non-hydrogen) atoms. The fourth-order valence-corrected chi connectivity index (χ4v) is 2.84. The van der Waals surface area contributed by atoms with Crippen molar-refractivity contribution >= 4 is 0 Å². The molecule has 2 fully saturated rings. The lowest BCUT2D eigenvalue weighted by Gasteiger charge is -2.30. The molecule has 0 spiro atoms. The molecule has 2 aliphatic carbocycles. The van der Waals surface area contributed by atoms with Crippen LogP contribution >= 0.6 is 0 Å². The summed E-state index contributed by atoms with van der Waals surface area (Å²) in [7, 11) is 0. The third-order valence-corrected chi connectivity index (χ3v) is 3.73. The minimum Gasteiger partial charge on any atom is -0.200 e. The van der Waals surface area contributed by atoms with Crippen molar-refractivity contribution in [1.29, 1.82) is 0 Å². The molecular formula is C9H12F4. The van der Waals surface area contributed by atoms with E-state index in [9.17, 15) is 17.6 Å². The zero-order chi connectivity index (χ0) is 10.1. The normalized spacial score (nSPS) is 45.0. The van der Waals surface area contributed by atoms with Crippen LogP contribution in [-0.4, -0.2) is 11.8 Å². The summed E-state index contributed by atoms with van der Waals surface area (Å²) in [5, 5.41) is 0. The number of hydrogen-bond acceptors (Lipinski definition) is 0. The first-order valence-corrected chi connectivity index (χ1v) is 4.51. The first-order chi connectivity index (χ1) is 5.76. The zero-order valence-electron chi connectivity index (χ0n) is 7.58. The van der Waals surface area contributed by atoms with Gasteiger partial charge in [-0.25, -0.2) is 0 Å². The molecule has 2 saturated carbocycles. The van der Waals surface area contributed by atoms with E-state index in [0.717, 1.165) is 0 Å². The number of hydrogen-bond donors (Lipinski definition) is 0. The second kappa shape index (κ2) is 2.04. The summed E-state index contributed by atoms with van der Waals surface area (Å²) in [4.78, 5) is 0. The van der Waals surface area contributed by atoms with Gasteiger partial charge in [-0.15, -0.1) is 0 Å². The minimum absolute atomic E-state index is 0.271. The van der Waals surface area contributed by atoms with Gasteiger partial charge in [0, 0.05) is 11.8 Å². The Morgan fingerprint density at radius 3 is 1.85 bits per heavy atom. The van der Waals surface area contributed by atoms with Crippen LogP contribution in [0.4, 0.5) is 17.6 Å². The summed E-state index contributed by atoms with van der Waals surface area (Å²) in [6.45, 7) is 3.21. The van der Waals surface area contributed by atoms with Crippen molar-refractivity contribution in [1.82, 2.24) is 0 Å². The molecule has 0 aromatic rings. The molecular weight excluding hydrogens is 184 g/mol. The fourth-order valence-electron chi connectivity index (χ4n) is 2.84. The molecule has 76 valence electrons. The summed E-state index contributed by atoms with van der Waals surface area (Å²) >= 11 is 0. The van der Waals surface area contributed by atoms with E-state index < -0.39 is 29.6 Å². The van der Waals surface area contributed by atoms with E-state index in [4.69, 9.17) is 0 Å². The number of rotatable bonds is 1. The van der Waals surface area contributed by atoms with E-state index in [0.29, 0.717) is 0 Å². The maximum Gasteiger partial charge on any atom is 0.316 e. The molecule has 0 nitrogen and oxygen atoms in total. The van der Waals surface area contributed by atoms with Crippen molar-refractivity contribution in [3.8, 4) is 0 Å². The van der Waals surface area contributed by atoms with Gasteiger partial charge in [-0.1, -0.05) is 13.8 Å². The molecule has 0 aliphatic heterocycles. The van der Waals surface area contributed by atoms with Crippen LogP contribution in [0, 0.1) is 17.3 Å². The van der Waals surface area contributed by atoms with E-state index in [1.165, 1.54) is 0 Å². The SMILES string of the molecule is CC(C)[C@]12C[C@H]1CC(F)(F)C2(F)F. The highest BCUT2D eigenvalue weighted by Gasteiger charge is 2.85. The smallest absolute Gasteiger partial charge is 0.200 e. The number of fused-ring (bicyclic) bond motifs is 1. The average molecular weight is 196 g/mol. The van der Waals surface area contributed by atoms with Gasteiger partial charge in [0.1, 0.15) is 0 Å². The van der Waals surface area contributed by atoms with Gasteiger partial charge in [0.2, 0.25) is 0 Å². The number of halogens is 4. The third kappa shape index (κ3) is 0.778. The van der Waals surface area contributed by atoms with Crippen LogP contribution in [-0.2, 0) is 0 Å². The predicted octanol–water partition coefficient (Wildman–Crippen LogP) is 3.32. The highest BCUT2D eigenvalue weighted by atomic mass is 19.3. The monoisotopic (exact) mass is 196 g/mol. The lowest BCUT2D eigenvalue weighted by molar-refractivity contribution is -0.230. The third-order valence-electron chi connectivity index (χ3n) is 3.73. The molecule has 0 saturated heterocycles. The van der Waals surface area contributed by atoms with Crippen molar-refractivity contribution in [2.45, 2.75) is 38.5 Å². The Bertz CT molecular complexity index is 246. The van der Waals surface area contributed by atoms with Gasteiger partial charge in [0.25, 0.3) is 0 Å². The first-order valence-electron chi connectivity index (χ1n) is 4.51. The van der Waals surface area contributed by atoms with E-state index >= 15 is 0 Å². The van der Waals surface area contributed by atoms with Crippen LogP contribution in [0.25, 0.3) is 0 Å². The highest BCUT2D eigenvalue weighted by Crippen LogP contribution is 2.77. The van der Waals surface area contributed by atoms with Gasteiger partial charge in [0.15, 0.2) is 0 Å². The summed E-state index contributed by atoms with van der Waals surface area (Å²) < 4.78 is 52.3. The molecule has 0 unspecified atom stereocenters. The van der Waals surface area contributed by atoms with Crippen molar-refractivity contribution < 1.29 is 17.6 Å². The van der Waals surface area contributed by atoms with E-state index in [1.54, 1.807) is 13.8 Å². The molecule has 4 heteroatoms. The predicted molar refractivity (Wildman–Crippen MR) is 39.9 cm³/mol. The molecule has 0 N–H and O–H groups in total. The Kier molecular flexibility index (Phi) is 1.45. The molecule has 0 aromatic carbocycles. The molecule has 0 bridgehead atoms.